The van der Waals surface area contributed by atoms with Gasteiger partial charge in [-0.05, 0) is 83.3 Å². The van der Waals surface area contributed by atoms with Crippen LogP contribution in [0.1, 0.15) is 89.3 Å². The smallest absolute Gasteiger partial charge is 0.259 e. The molecule has 0 unspecified atom stereocenters. The molecule has 0 bridgehead atoms. The number of sulfonamides is 1. The summed E-state index contributed by atoms with van der Waals surface area (Å²) in [7, 11) is -0.544. The minimum atomic E-state index is -3.93. The van der Waals surface area contributed by atoms with Crippen molar-refractivity contribution in [1.82, 2.24) is 24.9 Å². The Morgan fingerprint density at radius 1 is 1.11 bits per heavy atom. The van der Waals surface area contributed by atoms with Gasteiger partial charge in [0.2, 0.25) is 21.8 Å². The van der Waals surface area contributed by atoms with Gasteiger partial charge in [-0.2, -0.15) is 0 Å². The van der Waals surface area contributed by atoms with Gasteiger partial charge in [-0.1, -0.05) is 26.0 Å². The molecule has 0 saturated heterocycles. The van der Waals surface area contributed by atoms with Crippen molar-refractivity contribution in [2.75, 3.05) is 20.7 Å². The van der Waals surface area contributed by atoms with Crippen molar-refractivity contribution < 1.29 is 32.3 Å². The number of ether oxygens (including phenoxy) is 2. The zero-order valence-electron chi connectivity index (χ0n) is 31.2. The zero-order chi connectivity index (χ0) is 37.9. The summed E-state index contributed by atoms with van der Waals surface area (Å²) in [4.78, 5) is 53.7. The molecule has 3 amide bonds. The van der Waals surface area contributed by atoms with Crippen molar-refractivity contribution in [3.63, 3.8) is 0 Å². The molecule has 284 valence electrons. The lowest BCUT2D eigenvalue weighted by Crippen LogP contribution is -2.55. The van der Waals surface area contributed by atoms with E-state index in [1.807, 2.05) is 42.7 Å². The van der Waals surface area contributed by atoms with Crippen LogP contribution in [0.4, 0.5) is 0 Å². The minimum Gasteiger partial charge on any atom is -0.496 e. The van der Waals surface area contributed by atoms with E-state index in [9.17, 15) is 22.8 Å². The Morgan fingerprint density at radius 2 is 1.87 bits per heavy atom. The van der Waals surface area contributed by atoms with E-state index >= 15 is 0 Å². The molecule has 7 rings (SSSR count). The summed E-state index contributed by atoms with van der Waals surface area (Å²) in [6, 6.07) is 5.66. The average Bonchev–Trinajstić information content (AvgIpc) is 3.89. The number of fused-ring (bicyclic) bond motifs is 3. The van der Waals surface area contributed by atoms with E-state index in [0.717, 1.165) is 40.9 Å². The zero-order valence-corrected chi connectivity index (χ0v) is 32.9. The van der Waals surface area contributed by atoms with Gasteiger partial charge in [-0.25, -0.2) is 18.4 Å². The first-order valence-corrected chi connectivity index (χ1v) is 20.9. The summed E-state index contributed by atoms with van der Waals surface area (Å²) in [5, 5.41) is 6.54. The Hall–Kier alpha value is -4.04. The number of thiazole rings is 1. The Kier molecular flexibility index (Phi) is 9.84. The fraction of sp³-hybridized carbons (Fsp3) is 0.564. The fourth-order valence-electron chi connectivity index (χ4n) is 7.65. The van der Waals surface area contributed by atoms with Gasteiger partial charge in [-0.15, -0.1) is 11.3 Å². The minimum absolute atomic E-state index is 0.149. The normalized spacial score (nSPS) is 27.7. The van der Waals surface area contributed by atoms with Crippen LogP contribution < -0.4 is 19.5 Å². The largest absolute Gasteiger partial charge is 0.496 e. The van der Waals surface area contributed by atoms with E-state index < -0.39 is 50.1 Å². The molecule has 2 aromatic heterocycles. The summed E-state index contributed by atoms with van der Waals surface area (Å²) in [6.45, 7) is 8.31. The topological polar surface area (TPSA) is 157 Å². The van der Waals surface area contributed by atoms with Gasteiger partial charge in [0.25, 0.3) is 5.91 Å². The highest BCUT2D eigenvalue weighted by molar-refractivity contribution is 7.91. The van der Waals surface area contributed by atoms with Crippen LogP contribution in [0.25, 0.3) is 21.6 Å². The van der Waals surface area contributed by atoms with E-state index in [2.05, 4.69) is 23.9 Å². The number of hydrogen-bond donors (Lipinski definition) is 2. The SMILES string of the molecule is COc1ccc2c(O[C@@H]3C[C@H]4C(=O)N[C@]5(C(=O)NS(=O)(=O)C6(C)CC6)C[C@@H]5/C=C\CCCCN(C)C(=O)[C@@H]4C3)cc(-c3nc(C(C)C)cs3)nc2c1C. The van der Waals surface area contributed by atoms with Crippen LogP contribution in [-0.2, 0) is 24.4 Å². The second kappa shape index (κ2) is 14.0. The van der Waals surface area contributed by atoms with Crippen LogP contribution in [-0.4, -0.2) is 78.1 Å². The monoisotopic (exact) mass is 763 g/mol. The summed E-state index contributed by atoms with van der Waals surface area (Å²) < 4.78 is 39.9. The van der Waals surface area contributed by atoms with Gasteiger partial charge in [-0.3, -0.25) is 19.1 Å². The number of carbonyl (C=O) groups excluding carboxylic acids is 3. The summed E-state index contributed by atoms with van der Waals surface area (Å²) in [5.74, 6) is -1.67. The standard InChI is InChI=1S/C39H49N5O7S2/c1-22(2)30-21-52-35(41-30)29-19-32(26-12-13-31(50-6)23(3)33(26)40-29)51-25-17-27-28(18-25)36(46)44(5)16-10-8-7-9-11-24-20-39(24,42-34(27)45)37(47)43-53(48,49)38(4)14-15-38/h9,11-13,19,21-22,24-25,27-28H,7-8,10,14-18,20H2,1-6H3,(H,42,45)(H,43,47)/b11-9-/t24-,25+,27+,28+,39+/m0/s1. The van der Waals surface area contributed by atoms with Gasteiger partial charge in [0.15, 0.2) is 0 Å². The van der Waals surface area contributed by atoms with Gasteiger partial charge < -0.3 is 19.7 Å². The second-order valence-corrected chi connectivity index (χ2v) is 18.8. The third-order valence-electron chi connectivity index (χ3n) is 11.6. The second-order valence-electron chi connectivity index (χ2n) is 15.8. The predicted octanol–water partition coefficient (Wildman–Crippen LogP) is 5.64. The van der Waals surface area contributed by atoms with Crippen molar-refractivity contribution in [1.29, 1.82) is 0 Å². The van der Waals surface area contributed by atoms with Gasteiger partial charge in [0.05, 0.1) is 34.9 Å². The van der Waals surface area contributed by atoms with Gasteiger partial charge in [0.1, 0.15) is 33.8 Å². The number of carbonyl (C=O) groups is 3. The third kappa shape index (κ3) is 7.04. The number of nitrogens with one attached hydrogen (secondary N) is 2. The highest BCUT2D eigenvalue weighted by atomic mass is 32.2. The molecule has 4 aliphatic rings. The van der Waals surface area contributed by atoms with E-state index in [-0.39, 0.29) is 30.6 Å². The molecule has 0 radical (unpaired) electrons. The number of aryl methyl sites for hydroxylation is 1. The highest BCUT2D eigenvalue weighted by Crippen LogP contribution is 2.48. The molecule has 2 N–H and O–H groups in total. The molecule has 53 heavy (non-hydrogen) atoms. The molecule has 3 saturated carbocycles. The number of allylic oxidation sites excluding steroid dienone is 1. The van der Waals surface area contributed by atoms with Crippen LogP contribution in [0, 0.1) is 24.7 Å². The lowest BCUT2D eigenvalue weighted by molar-refractivity contribution is -0.140. The number of benzene rings is 1. The lowest BCUT2D eigenvalue weighted by atomic mass is 9.93. The third-order valence-corrected chi connectivity index (χ3v) is 14.7. The molecule has 3 fully saturated rings. The molecule has 1 aliphatic heterocycles. The summed E-state index contributed by atoms with van der Waals surface area (Å²) in [5.41, 5.74) is 1.77. The molecular weight excluding hydrogens is 715 g/mol. The fourth-order valence-corrected chi connectivity index (χ4v) is 9.90. The van der Waals surface area contributed by atoms with E-state index in [1.54, 1.807) is 26.0 Å². The molecule has 5 atom stereocenters. The quantitative estimate of drug-likeness (QED) is 0.277. The maximum Gasteiger partial charge on any atom is 0.259 e. The lowest BCUT2D eigenvalue weighted by Gasteiger charge is -2.27. The number of aromatic nitrogens is 2. The number of nitrogens with zero attached hydrogens (tertiary/aromatic N) is 3. The number of hydrogen-bond acceptors (Lipinski definition) is 10. The first kappa shape index (κ1) is 37.3. The Morgan fingerprint density at radius 3 is 2.57 bits per heavy atom. The Bertz CT molecular complexity index is 2090. The van der Waals surface area contributed by atoms with Crippen LogP contribution in [0.5, 0.6) is 11.5 Å². The molecule has 14 heteroatoms. The predicted molar refractivity (Wildman–Crippen MR) is 203 cm³/mol. The van der Waals surface area contributed by atoms with Crippen molar-refractivity contribution in [2.45, 2.75) is 101 Å². The molecule has 0 spiro atoms. The number of rotatable bonds is 8. The number of methoxy groups -OCH3 is 1. The summed E-state index contributed by atoms with van der Waals surface area (Å²) >= 11 is 1.51. The van der Waals surface area contributed by atoms with Crippen molar-refractivity contribution in [3.05, 3.63) is 47.0 Å². The first-order chi connectivity index (χ1) is 25.2. The van der Waals surface area contributed by atoms with Crippen LogP contribution in [0.15, 0.2) is 35.7 Å². The van der Waals surface area contributed by atoms with Crippen LogP contribution >= 0.6 is 11.3 Å². The first-order valence-electron chi connectivity index (χ1n) is 18.6. The molecule has 1 aromatic carbocycles. The average molecular weight is 764 g/mol. The van der Waals surface area contributed by atoms with Gasteiger partial charge in [0, 0.05) is 41.9 Å². The van der Waals surface area contributed by atoms with Crippen molar-refractivity contribution >= 4 is 50.0 Å². The van der Waals surface area contributed by atoms with Crippen LogP contribution in [0.2, 0.25) is 0 Å². The van der Waals surface area contributed by atoms with Crippen LogP contribution in [0.3, 0.4) is 0 Å². The van der Waals surface area contributed by atoms with Gasteiger partial charge >= 0.3 is 0 Å². The Labute approximate surface area is 315 Å². The molecule has 12 nitrogen and oxygen atoms in total. The molecule has 3 aromatic rings. The maximum atomic E-state index is 14.3. The molecule has 3 aliphatic carbocycles. The van der Waals surface area contributed by atoms with Crippen molar-refractivity contribution in [2.24, 2.45) is 17.8 Å². The Balaban J connectivity index is 1.21. The highest BCUT2D eigenvalue weighted by Gasteiger charge is 2.63. The van der Waals surface area contributed by atoms with E-state index in [1.165, 1.54) is 11.3 Å². The van der Waals surface area contributed by atoms with Crippen molar-refractivity contribution in [3.8, 4) is 22.2 Å². The van der Waals surface area contributed by atoms with E-state index in [0.29, 0.717) is 48.5 Å². The van der Waals surface area contributed by atoms with E-state index in [4.69, 9.17) is 19.4 Å². The number of pyridine rings is 1. The number of amides is 3. The maximum absolute atomic E-state index is 14.3. The summed E-state index contributed by atoms with van der Waals surface area (Å²) in [6.07, 6.45) is 7.52. The molecular formula is C39H49N5O7S2. The molecule has 3 heterocycles.